The van der Waals surface area contributed by atoms with Gasteiger partial charge in [-0.05, 0) is 38.7 Å². The maximum absolute atomic E-state index is 12.1. The van der Waals surface area contributed by atoms with Gasteiger partial charge in [-0.1, -0.05) is 43.2 Å². The van der Waals surface area contributed by atoms with Crippen LogP contribution in [0.4, 0.5) is 4.79 Å². The number of nitrogens with one attached hydrogen (secondary N) is 2. The number of amides is 3. The second kappa shape index (κ2) is 10.2. The highest BCUT2D eigenvalue weighted by Gasteiger charge is 2.35. The topological polar surface area (TPSA) is 61.4 Å². The fraction of sp³-hybridized carbons (Fsp3) is 0.619. The predicted octanol–water partition coefficient (Wildman–Crippen LogP) is 3.45. The van der Waals surface area contributed by atoms with E-state index in [2.05, 4.69) is 34.9 Å². The number of hydrogen-bond donors (Lipinski definition) is 2. The Bertz CT molecular complexity index is 564. The van der Waals surface area contributed by atoms with Gasteiger partial charge in [0, 0.05) is 38.0 Å². The summed E-state index contributed by atoms with van der Waals surface area (Å²) in [4.78, 5) is 25.9. The first-order chi connectivity index (χ1) is 12.6. The van der Waals surface area contributed by atoms with Crippen molar-refractivity contribution in [1.82, 2.24) is 15.5 Å². The molecule has 0 aliphatic heterocycles. The summed E-state index contributed by atoms with van der Waals surface area (Å²) in [7, 11) is 0. The summed E-state index contributed by atoms with van der Waals surface area (Å²) >= 11 is 0. The Hall–Kier alpha value is -2.04. The molecule has 5 heteroatoms. The van der Waals surface area contributed by atoms with Crippen LogP contribution in [0.2, 0.25) is 0 Å². The van der Waals surface area contributed by atoms with Crippen LogP contribution in [0, 0.1) is 0 Å². The number of rotatable bonds is 9. The lowest BCUT2D eigenvalue weighted by Gasteiger charge is -2.30. The van der Waals surface area contributed by atoms with Gasteiger partial charge in [-0.15, -0.1) is 0 Å². The van der Waals surface area contributed by atoms with Gasteiger partial charge in [0.25, 0.3) is 0 Å². The van der Waals surface area contributed by atoms with Crippen LogP contribution in [-0.4, -0.2) is 43.0 Å². The lowest BCUT2D eigenvalue weighted by atomic mass is 9.79. The van der Waals surface area contributed by atoms with Gasteiger partial charge < -0.3 is 15.5 Å². The molecule has 0 bridgehead atoms. The van der Waals surface area contributed by atoms with E-state index in [-0.39, 0.29) is 17.4 Å². The first-order valence-corrected chi connectivity index (χ1v) is 9.96. The Labute approximate surface area is 157 Å². The molecule has 1 aliphatic rings. The van der Waals surface area contributed by atoms with Crippen molar-refractivity contribution in [2.75, 3.05) is 26.2 Å². The molecule has 0 aromatic heterocycles. The molecule has 0 unspecified atom stereocenters. The first kappa shape index (κ1) is 20.3. The molecule has 1 saturated carbocycles. The second-order valence-electron chi connectivity index (χ2n) is 7.13. The van der Waals surface area contributed by atoms with E-state index in [1.807, 2.05) is 24.8 Å². The summed E-state index contributed by atoms with van der Waals surface area (Å²) in [5, 5.41) is 5.94. The smallest absolute Gasteiger partial charge is 0.314 e. The molecular formula is C21H33N3O2. The third kappa shape index (κ3) is 5.48. The van der Waals surface area contributed by atoms with Crippen LogP contribution in [0.15, 0.2) is 30.3 Å². The van der Waals surface area contributed by atoms with Gasteiger partial charge in [-0.3, -0.25) is 4.79 Å². The predicted molar refractivity (Wildman–Crippen MR) is 105 cm³/mol. The van der Waals surface area contributed by atoms with Gasteiger partial charge in [0.05, 0.1) is 0 Å². The molecule has 2 rings (SSSR count). The van der Waals surface area contributed by atoms with Crippen molar-refractivity contribution in [2.24, 2.45) is 0 Å². The van der Waals surface area contributed by atoms with Crippen LogP contribution in [-0.2, 0) is 10.2 Å². The molecule has 1 fully saturated rings. The normalized spacial score (nSPS) is 15.5. The van der Waals surface area contributed by atoms with E-state index in [9.17, 15) is 9.59 Å². The molecule has 0 radical (unpaired) electrons. The largest absolute Gasteiger partial charge is 0.343 e. The minimum absolute atomic E-state index is 0.0668. The number of nitrogens with zero attached hydrogens (tertiary/aromatic N) is 1. The Morgan fingerprint density at radius 3 is 2.31 bits per heavy atom. The molecule has 144 valence electrons. The highest BCUT2D eigenvalue weighted by Crippen LogP contribution is 2.40. The number of carbonyl (C=O) groups excluding carboxylic acids is 2. The monoisotopic (exact) mass is 359 g/mol. The van der Waals surface area contributed by atoms with Gasteiger partial charge in [-0.2, -0.15) is 0 Å². The van der Waals surface area contributed by atoms with E-state index < -0.39 is 0 Å². The van der Waals surface area contributed by atoms with Crippen LogP contribution < -0.4 is 10.6 Å². The maximum atomic E-state index is 12.1. The molecule has 0 atom stereocenters. The molecule has 5 nitrogen and oxygen atoms in total. The molecule has 3 amide bonds. The zero-order valence-electron chi connectivity index (χ0n) is 16.2. The van der Waals surface area contributed by atoms with Gasteiger partial charge in [-0.25, -0.2) is 4.79 Å². The summed E-state index contributed by atoms with van der Waals surface area (Å²) < 4.78 is 0. The van der Waals surface area contributed by atoms with Gasteiger partial charge in [0.15, 0.2) is 0 Å². The van der Waals surface area contributed by atoms with Crippen LogP contribution in [0.5, 0.6) is 0 Å². The highest BCUT2D eigenvalue weighted by atomic mass is 16.2. The summed E-state index contributed by atoms with van der Waals surface area (Å²) in [6.07, 6.45) is 5.82. The summed E-state index contributed by atoms with van der Waals surface area (Å²) in [6.45, 7) is 6.64. The first-order valence-electron chi connectivity index (χ1n) is 9.96. The summed E-state index contributed by atoms with van der Waals surface area (Å²) in [6, 6.07) is 10.4. The Balaban J connectivity index is 1.73. The molecule has 2 N–H and O–H groups in total. The third-order valence-corrected chi connectivity index (χ3v) is 5.50. The van der Waals surface area contributed by atoms with Crippen molar-refractivity contribution < 1.29 is 9.59 Å². The number of benzene rings is 1. The fourth-order valence-corrected chi connectivity index (χ4v) is 3.90. The zero-order chi connectivity index (χ0) is 18.8. The molecular weight excluding hydrogens is 326 g/mol. The molecule has 1 aromatic rings. The fourth-order valence-electron chi connectivity index (χ4n) is 3.90. The van der Waals surface area contributed by atoms with Crippen molar-refractivity contribution in [3.05, 3.63) is 35.9 Å². The van der Waals surface area contributed by atoms with Gasteiger partial charge in [0.2, 0.25) is 5.91 Å². The van der Waals surface area contributed by atoms with E-state index in [1.165, 1.54) is 18.4 Å². The minimum Gasteiger partial charge on any atom is -0.343 e. The standard InChI is InChI=1S/C21H33N3O2/c1-3-24(4-2)19(25)13-10-16-22-20(26)23-17-21(14-8-9-15-21)18-11-6-5-7-12-18/h5-7,11-12H,3-4,8-10,13-17H2,1-2H3,(H2,22,23,26). The van der Waals surface area contributed by atoms with Crippen molar-refractivity contribution >= 4 is 11.9 Å². The van der Waals surface area contributed by atoms with Gasteiger partial charge >= 0.3 is 6.03 Å². The third-order valence-electron chi connectivity index (χ3n) is 5.50. The second-order valence-corrected chi connectivity index (χ2v) is 7.13. The van der Waals surface area contributed by atoms with Crippen molar-refractivity contribution in [3.63, 3.8) is 0 Å². The highest BCUT2D eigenvalue weighted by molar-refractivity contribution is 5.76. The van der Waals surface area contributed by atoms with Crippen LogP contribution in [0.3, 0.4) is 0 Å². The van der Waals surface area contributed by atoms with Gasteiger partial charge in [0.1, 0.15) is 0 Å². The van der Waals surface area contributed by atoms with Crippen LogP contribution in [0.1, 0.15) is 57.9 Å². The zero-order valence-corrected chi connectivity index (χ0v) is 16.2. The van der Waals surface area contributed by atoms with E-state index in [0.29, 0.717) is 25.9 Å². The Morgan fingerprint density at radius 2 is 1.69 bits per heavy atom. The number of urea groups is 1. The lowest BCUT2D eigenvalue weighted by molar-refractivity contribution is -0.130. The average Bonchev–Trinajstić information content (AvgIpc) is 3.15. The molecule has 0 heterocycles. The molecule has 26 heavy (non-hydrogen) atoms. The number of hydrogen-bond acceptors (Lipinski definition) is 2. The van der Waals surface area contributed by atoms with E-state index in [4.69, 9.17) is 0 Å². The Kier molecular flexibility index (Phi) is 7.95. The van der Waals surface area contributed by atoms with Crippen molar-refractivity contribution in [3.8, 4) is 0 Å². The van der Waals surface area contributed by atoms with E-state index in [0.717, 1.165) is 25.9 Å². The van der Waals surface area contributed by atoms with Crippen LogP contribution >= 0.6 is 0 Å². The van der Waals surface area contributed by atoms with E-state index >= 15 is 0 Å². The van der Waals surface area contributed by atoms with E-state index in [1.54, 1.807) is 0 Å². The quantitative estimate of drug-likeness (QED) is 0.664. The van der Waals surface area contributed by atoms with Crippen molar-refractivity contribution in [1.29, 1.82) is 0 Å². The maximum Gasteiger partial charge on any atom is 0.314 e. The molecule has 0 spiro atoms. The summed E-state index contributed by atoms with van der Waals surface area (Å²) in [5.74, 6) is 0.159. The van der Waals surface area contributed by atoms with Crippen molar-refractivity contribution in [2.45, 2.75) is 57.8 Å². The Morgan fingerprint density at radius 1 is 1.04 bits per heavy atom. The summed E-state index contributed by atoms with van der Waals surface area (Å²) in [5.41, 5.74) is 1.39. The molecule has 0 saturated heterocycles. The molecule has 1 aliphatic carbocycles. The SMILES string of the molecule is CCN(CC)C(=O)CCCNC(=O)NCC1(c2ccccc2)CCCC1. The lowest BCUT2D eigenvalue weighted by Crippen LogP contribution is -2.44. The average molecular weight is 360 g/mol. The van der Waals surface area contributed by atoms with Crippen LogP contribution in [0.25, 0.3) is 0 Å². The minimum atomic E-state index is -0.137. The molecule has 1 aromatic carbocycles. The number of carbonyl (C=O) groups is 2.